The van der Waals surface area contributed by atoms with Gasteiger partial charge in [0.15, 0.2) is 5.78 Å². The lowest BCUT2D eigenvalue weighted by Crippen LogP contribution is -2.05. The Hall–Kier alpha value is -2.72. The van der Waals surface area contributed by atoms with Gasteiger partial charge < -0.3 is 18.3 Å². The van der Waals surface area contributed by atoms with Crippen molar-refractivity contribution >= 4 is 13.4 Å². The molecule has 2 rings (SSSR count). The molecule has 0 aliphatic carbocycles. The average Bonchev–Trinajstić information content (AvgIpc) is 3.14. The Morgan fingerprint density at radius 2 is 2.00 bits per heavy atom. The van der Waals surface area contributed by atoms with Crippen LogP contribution in [0.25, 0.3) is 0 Å². The second kappa shape index (κ2) is 11.5. The van der Waals surface area contributed by atoms with E-state index in [9.17, 15) is 14.6 Å². The summed E-state index contributed by atoms with van der Waals surface area (Å²) in [6, 6.07) is 7.06. The van der Waals surface area contributed by atoms with Crippen molar-refractivity contribution in [2.24, 2.45) is 0 Å². The predicted molar refractivity (Wildman–Crippen MR) is 111 cm³/mol. The van der Waals surface area contributed by atoms with Gasteiger partial charge >= 0.3 is 7.60 Å². The molecule has 1 heterocycles. The number of hydrogen-bond donors (Lipinski definition) is 0. The Morgan fingerprint density at radius 1 is 1.27 bits per heavy atom. The van der Waals surface area contributed by atoms with Gasteiger partial charge in [-0.1, -0.05) is 23.4 Å². The summed E-state index contributed by atoms with van der Waals surface area (Å²) in [7, 11) is -3.14. The molecule has 1 aromatic carbocycles. The Kier molecular flexibility index (Phi) is 9.00. The van der Waals surface area contributed by atoms with Gasteiger partial charge in [0.05, 0.1) is 36.7 Å². The Labute approximate surface area is 176 Å². The maximum absolute atomic E-state index is 12.4. The summed E-state index contributed by atoms with van der Waals surface area (Å²) in [5, 5.41) is 12.9. The van der Waals surface area contributed by atoms with E-state index < -0.39 is 7.60 Å². The van der Waals surface area contributed by atoms with E-state index in [1.54, 1.807) is 51.1 Å². The second-order valence-corrected chi connectivity index (χ2v) is 8.35. The number of Topliss-reactive ketones (excluding diaryl/α,β-unsaturated/α-hetero) is 1. The summed E-state index contributed by atoms with van der Waals surface area (Å²) in [5.41, 5.74) is 1.49. The number of nitriles is 1. The van der Waals surface area contributed by atoms with Gasteiger partial charge in [0.25, 0.3) is 0 Å². The highest BCUT2D eigenvalue weighted by molar-refractivity contribution is 7.54. The van der Waals surface area contributed by atoms with Crippen LogP contribution < -0.4 is 4.74 Å². The van der Waals surface area contributed by atoms with Gasteiger partial charge in [-0.2, -0.15) is 5.26 Å². The molecule has 160 valence electrons. The van der Waals surface area contributed by atoms with E-state index in [0.717, 1.165) is 0 Å². The van der Waals surface area contributed by atoms with Crippen molar-refractivity contribution in [2.75, 3.05) is 26.0 Å². The van der Waals surface area contributed by atoms with Crippen molar-refractivity contribution in [3.8, 4) is 11.8 Å². The highest BCUT2D eigenvalue weighted by Crippen LogP contribution is 2.47. The number of allylic oxidation sites excluding steroid dienone is 1. The maximum Gasteiger partial charge on any atom is 0.334 e. The lowest BCUT2D eigenvalue weighted by Gasteiger charge is -2.14. The van der Waals surface area contributed by atoms with E-state index in [0.29, 0.717) is 41.4 Å². The van der Waals surface area contributed by atoms with Gasteiger partial charge in [-0.3, -0.25) is 9.36 Å². The van der Waals surface area contributed by atoms with E-state index >= 15 is 0 Å². The molecule has 0 aliphatic heterocycles. The van der Waals surface area contributed by atoms with Crippen LogP contribution in [0.1, 0.15) is 41.1 Å². The van der Waals surface area contributed by atoms with E-state index in [2.05, 4.69) is 11.2 Å². The molecule has 0 bridgehead atoms. The van der Waals surface area contributed by atoms with Gasteiger partial charge in [0.2, 0.25) is 0 Å². The first kappa shape index (κ1) is 23.6. The molecule has 0 spiro atoms. The number of carbonyl (C=O) groups is 1. The number of ketones is 1. The van der Waals surface area contributed by atoms with E-state index in [-0.39, 0.29) is 25.0 Å². The third-order valence-corrected chi connectivity index (χ3v) is 6.03. The minimum atomic E-state index is -3.14. The zero-order valence-corrected chi connectivity index (χ0v) is 18.2. The Balaban J connectivity index is 2.00. The monoisotopic (exact) mass is 432 g/mol. The van der Waals surface area contributed by atoms with Crippen LogP contribution in [0.15, 0.2) is 41.1 Å². The van der Waals surface area contributed by atoms with Gasteiger partial charge in [-0.25, -0.2) is 0 Å². The fraction of sp³-hybridized carbons (Fsp3) is 0.381. The fourth-order valence-corrected chi connectivity index (χ4v) is 4.16. The van der Waals surface area contributed by atoms with Crippen molar-refractivity contribution in [3.63, 3.8) is 0 Å². The number of carbonyl (C=O) groups excluding carboxylic acids is 1. The first-order chi connectivity index (χ1) is 14.4. The molecule has 0 atom stereocenters. The maximum atomic E-state index is 12.4. The SMILES string of the molecule is CCOP(=O)(CC=CCOc1cc(CC(=O)c2cnoc2C)ccc1C#N)OCC. The van der Waals surface area contributed by atoms with Crippen LogP contribution >= 0.6 is 7.60 Å². The third-order valence-electron chi connectivity index (χ3n) is 4.06. The third kappa shape index (κ3) is 6.67. The largest absolute Gasteiger partial charge is 0.488 e. The lowest BCUT2D eigenvalue weighted by molar-refractivity contribution is 0.0991. The van der Waals surface area contributed by atoms with Gasteiger partial charge in [0.1, 0.15) is 24.2 Å². The first-order valence-electron chi connectivity index (χ1n) is 9.55. The number of benzene rings is 1. The van der Waals surface area contributed by atoms with Crippen molar-refractivity contribution < 1.29 is 27.7 Å². The molecule has 0 amide bonds. The predicted octanol–water partition coefficient (Wildman–Crippen LogP) is 4.48. The van der Waals surface area contributed by atoms with Crippen molar-refractivity contribution in [1.82, 2.24) is 5.16 Å². The minimum Gasteiger partial charge on any atom is -0.488 e. The molecule has 2 aromatic rings. The molecule has 0 unspecified atom stereocenters. The van der Waals surface area contributed by atoms with E-state index in [1.807, 2.05) is 0 Å². The summed E-state index contributed by atoms with van der Waals surface area (Å²) in [4.78, 5) is 12.4. The molecule has 9 heteroatoms. The van der Waals surface area contributed by atoms with Crippen LogP contribution in [0, 0.1) is 18.3 Å². The zero-order valence-electron chi connectivity index (χ0n) is 17.3. The normalized spacial score (nSPS) is 11.5. The molecule has 0 saturated carbocycles. The van der Waals surface area contributed by atoms with Gasteiger partial charge in [-0.05, 0) is 38.5 Å². The summed E-state index contributed by atoms with van der Waals surface area (Å²) >= 11 is 0. The van der Waals surface area contributed by atoms with Crippen LogP contribution in [0.3, 0.4) is 0 Å². The molecule has 0 saturated heterocycles. The molecule has 0 fully saturated rings. The molecule has 0 N–H and O–H groups in total. The molecule has 30 heavy (non-hydrogen) atoms. The summed E-state index contributed by atoms with van der Waals surface area (Å²) in [6.07, 6.45) is 5.01. The van der Waals surface area contributed by atoms with Crippen molar-refractivity contribution in [1.29, 1.82) is 5.26 Å². The van der Waals surface area contributed by atoms with Gasteiger partial charge in [0, 0.05) is 6.42 Å². The van der Waals surface area contributed by atoms with Crippen LogP contribution in [-0.4, -0.2) is 36.9 Å². The number of hydrogen-bond acceptors (Lipinski definition) is 8. The van der Waals surface area contributed by atoms with Crippen LogP contribution in [-0.2, 0) is 20.0 Å². The van der Waals surface area contributed by atoms with Crippen molar-refractivity contribution in [3.05, 3.63) is 59.0 Å². The highest BCUT2D eigenvalue weighted by atomic mass is 31.2. The second-order valence-electron chi connectivity index (χ2n) is 6.25. The molecular formula is C21H25N2O6P. The van der Waals surface area contributed by atoms with E-state index in [1.165, 1.54) is 6.20 Å². The van der Waals surface area contributed by atoms with Crippen LogP contribution in [0.2, 0.25) is 0 Å². The smallest absolute Gasteiger partial charge is 0.334 e. The number of ether oxygens (including phenoxy) is 1. The Morgan fingerprint density at radius 3 is 2.60 bits per heavy atom. The quantitative estimate of drug-likeness (QED) is 0.274. The van der Waals surface area contributed by atoms with Crippen LogP contribution in [0.5, 0.6) is 5.75 Å². The fourth-order valence-electron chi connectivity index (χ4n) is 2.68. The standard InChI is InChI=1S/C21H25N2O6P/c1-4-27-30(25,28-5-2)11-7-6-10-26-21-13-17(8-9-18(21)14-22)12-20(24)19-15-23-29-16(19)3/h6-9,13,15H,4-5,10-12H2,1-3H3. The molecule has 0 radical (unpaired) electrons. The molecule has 8 nitrogen and oxygen atoms in total. The minimum absolute atomic E-state index is 0.131. The number of aromatic nitrogens is 1. The molecular weight excluding hydrogens is 407 g/mol. The summed E-state index contributed by atoms with van der Waals surface area (Å²) in [6.45, 7) is 5.94. The highest BCUT2D eigenvalue weighted by Gasteiger charge is 2.21. The van der Waals surface area contributed by atoms with Crippen molar-refractivity contribution in [2.45, 2.75) is 27.2 Å². The molecule has 1 aromatic heterocycles. The number of aryl methyl sites for hydroxylation is 1. The lowest BCUT2D eigenvalue weighted by atomic mass is 10.0. The average molecular weight is 432 g/mol. The summed E-state index contributed by atoms with van der Waals surface area (Å²) < 4.78 is 33.4. The molecule has 0 aliphatic rings. The van der Waals surface area contributed by atoms with Crippen LogP contribution in [0.4, 0.5) is 0 Å². The summed E-state index contributed by atoms with van der Waals surface area (Å²) in [5.74, 6) is 0.700. The van der Waals surface area contributed by atoms with Gasteiger partial charge in [-0.15, -0.1) is 0 Å². The zero-order chi connectivity index (χ0) is 22.0. The topological polar surface area (TPSA) is 112 Å². The number of rotatable bonds is 12. The Bertz CT molecular complexity index is 966. The number of nitrogens with zero attached hydrogens (tertiary/aromatic N) is 2. The first-order valence-corrected chi connectivity index (χ1v) is 11.3. The van der Waals surface area contributed by atoms with E-state index in [4.69, 9.17) is 18.3 Å².